The number of nitrogens with one attached hydrogen (secondary N) is 1. The number of ether oxygens (including phenoxy) is 2. The number of fused-ring (bicyclic) bond motifs is 1. The molecule has 1 aliphatic carbocycles. The van der Waals surface area contributed by atoms with Crippen LogP contribution in [0.2, 0.25) is 0 Å². The zero-order valence-corrected chi connectivity index (χ0v) is 14.0. The lowest BCUT2D eigenvalue weighted by atomic mass is 10.0. The fourth-order valence-electron chi connectivity index (χ4n) is 4.18. The van der Waals surface area contributed by atoms with Crippen molar-refractivity contribution in [2.24, 2.45) is 5.92 Å². The van der Waals surface area contributed by atoms with E-state index in [4.69, 9.17) is 14.6 Å². The van der Waals surface area contributed by atoms with E-state index >= 15 is 0 Å². The summed E-state index contributed by atoms with van der Waals surface area (Å²) in [6.45, 7) is 4.57. The van der Waals surface area contributed by atoms with E-state index in [0.717, 1.165) is 52.2 Å². The molecule has 2 aliphatic heterocycles. The van der Waals surface area contributed by atoms with Crippen molar-refractivity contribution >= 4 is 0 Å². The Labute approximate surface area is 138 Å². The zero-order valence-electron chi connectivity index (χ0n) is 14.0. The highest BCUT2D eigenvalue weighted by molar-refractivity contribution is 5.22. The Hall–Kier alpha value is -0.910. The van der Waals surface area contributed by atoms with Crippen LogP contribution < -0.4 is 5.32 Å². The van der Waals surface area contributed by atoms with Crippen molar-refractivity contribution in [1.82, 2.24) is 15.1 Å². The first-order valence-corrected chi connectivity index (χ1v) is 9.37. The molecule has 1 saturated heterocycles. The molecule has 1 saturated carbocycles. The molecule has 3 heterocycles. The van der Waals surface area contributed by atoms with Gasteiger partial charge < -0.3 is 14.8 Å². The van der Waals surface area contributed by atoms with Crippen molar-refractivity contribution in [3.05, 3.63) is 17.5 Å². The van der Waals surface area contributed by atoms with E-state index in [2.05, 4.69) is 16.2 Å². The van der Waals surface area contributed by atoms with E-state index < -0.39 is 0 Å². The third-order valence-corrected chi connectivity index (χ3v) is 5.60. The first-order chi connectivity index (χ1) is 11.4. The van der Waals surface area contributed by atoms with Crippen LogP contribution in [0.1, 0.15) is 55.9 Å². The molecule has 128 valence electrons. The van der Waals surface area contributed by atoms with Gasteiger partial charge in [0, 0.05) is 38.5 Å². The summed E-state index contributed by atoms with van der Waals surface area (Å²) in [4.78, 5) is 0. The minimum atomic E-state index is 0.135. The molecule has 5 nitrogen and oxygen atoms in total. The number of rotatable bonds is 5. The molecule has 0 bridgehead atoms. The maximum absolute atomic E-state index is 6.01. The third kappa shape index (κ3) is 3.78. The quantitative estimate of drug-likeness (QED) is 0.906. The maximum atomic E-state index is 6.01. The van der Waals surface area contributed by atoms with Gasteiger partial charge in [-0.15, -0.1) is 0 Å². The predicted molar refractivity (Wildman–Crippen MR) is 88.4 cm³/mol. The zero-order chi connectivity index (χ0) is 15.5. The van der Waals surface area contributed by atoms with Gasteiger partial charge in [0.05, 0.1) is 12.3 Å². The predicted octanol–water partition coefficient (Wildman–Crippen LogP) is 2.46. The molecule has 23 heavy (non-hydrogen) atoms. The van der Waals surface area contributed by atoms with E-state index in [1.54, 1.807) is 0 Å². The van der Waals surface area contributed by atoms with Gasteiger partial charge in [-0.25, -0.2) is 0 Å². The number of hydrogen-bond acceptors (Lipinski definition) is 4. The molecular weight excluding hydrogens is 290 g/mol. The van der Waals surface area contributed by atoms with Crippen molar-refractivity contribution in [3.63, 3.8) is 0 Å². The summed E-state index contributed by atoms with van der Waals surface area (Å²) in [7, 11) is 0. The van der Waals surface area contributed by atoms with Gasteiger partial charge in [0.2, 0.25) is 0 Å². The van der Waals surface area contributed by atoms with Crippen LogP contribution in [0, 0.1) is 5.92 Å². The van der Waals surface area contributed by atoms with Gasteiger partial charge in [0.1, 0.15) is 6.10 Å². The Balaban J connectivity index is 1.38. The van der Waals surface area contributed by atoms with Crippen molar-refractivity contribution < 1.29 is 9.47 Å². The van der Waals surface area contributed by atoms with Crippen molar-refractivity contribution in [2.45, 2.75) is 63.6 Å². The summed E-state index contributed by atoms with van der Waals surface area (Å²) in [5, 5.41) is 8.57. The topological polar surface area (TPSA) is 48.3 Å². The van der Waals surface area contributed by atoms with E-state index in [1.807, 2.05) is 0 Å². The van der Waals surface area contributed by atoms with Gasteiger partial charge in [0.25, 0.3) is 0 Å². The summed E-state index contributed by atoms with van der Waals surface area (Å²) in [5.74, 6) is 0.709. The molecule has 1 N–H and O–H groups in total. The molecule has 0 aromatic carbocycles. The normalized spacial score (nSPS) is 26.5. The molecule has 0 amide bonds. The maximum Gasteiger partial charge on any atom is 0.114 e. The van der Waals surface area contributed by atoms with E-state index in [-0.39, 0.29) is 6.10 Å². The molecule has 1 atom stereocenters. The van der Waals surface area contributed by atoms with Crippen LogP contribution in [-0.4, -0.2) is 42.2 Å². The monoisotopic (exact) mass is 319 g/mol. The molecule has 0 spiro atoms. The van der Waals surface area contributed by atoms with E-state index in [9.17, 15) is 0 Å². The van der Waals surface area contributed by atoms with Gasteiger partial charge in [-0.05, 0) is 43.6 Å². The van der Waals surface area contributed by atoms with Gasteiger partial charge in [-0.1, -0.05) is 12.8 Å². The van der Waals surface area contributed by atoms with Crippen molar-refractivity contribution in [3.8, 4) is 0 Å². The summed E-state index contributed by atoms with van der Waals surface area (Å²) < 4.78 is 13.6. The highest BCUT2D eigenvalue weighted by atomic mass is 16.5. The highest BCUT2D eigenvalue weighted by Crippen LogP contribution is 2.27. The fourth-order valence-corrected chi connectivity index (χ4v) is 4.18. The highest BCUT2D eigenvalue weighted by Gasteiger charge is 2.26. The van der Waals surface area contributed by atoms with Gasteiger partial charge in [-0.2, -0.15) is 5.10 Å². The summed E-state index contributed by atoms with van der Waals surface area (Å²) in [6.07, 6.45) is 11.1. The standard InChI is InChI=1S/C18H29N3O2/c1-2-4-16(3-1)19-11-17-18-15(7-10-23-17)13-21(20-18)12-14-5-8-22-9-6-14/h13-14,16-17,19H,1-12H2/t17-/m0/s1. The number of hydrogen-bond donors (Lipinski definition) is 1. The van der Waals surface area contributed by atoms with Crippen LogP contribution in [0.3, 0.4) is 0 Å². The third-order valence-electron chi connectivity index (χ3n) is 5.60. The molecule has 1 aromatic heterocycles. The van der Waals surface area contributed by atoms with Gasteiger partial charge in [-0.3, -0.25) is 4.68 Å². The number of nitrogens with zero attached hydrogens (tertiary/aromatic N) is 2. The molecule has 2 fully saturated rings. The lowest BCUT2D eigenvalue weighted by Gasteiger charge is -2.24. The SMILES string of the molecule is c1c2c(nn1CC1CCOCC1)[C@H](CNC1CCCC1)OCC2. The number of aromatic nitrogens is 2. The summed E-state index contributed by atoms with van der Waals surface area (Å²) in [5.41, 5.74) is 2.57. The second-order valence-corrected chi connectivity index (χ2v) is 7.32. The van der Waals surface area contributed by atoms with Crippen molar-refractivity contribution in [2.75, 3.05) is 26.4 Å². The average Bonchev–Trinajstić information content (AvgIpc) is 3.23. The molecular formula is C18H29N3O2. The second kappa shape index (κ2) is 7.32. The van der Waals surface area contributed by atoms with Crippen LogP contribution >= 0.6 is 0 Å². The van der Waals surface area contributed by atoms with Gasteiger partial charge in [0.15, 0.2) is 0 Å². The largest absolute Gasteiger partial charge is 0.381 e. The molecule has 0 radical (unpaired) electrons. The second-order valence-electron chi connectivity index (χ2n) is 7.32. The average molecular weight is 319 g/mol. The first kappa shape index (κ1) is 15.6. The summed E-state index contributed by atoms with van der Waals surface area (Å²) >= 11 is 0. The lowest BCUT2D eigenvalue weighted by molar-refractivity contribution is 0.0373. The molecule has 5 heteroatoms. The van der Waals surface area contributed by atoms with Crippen LogP contribution in [0.25, 0.3) is 0 Å². The minimum Gasteiger partial charge on any atom is -0.381 e. The first-order valence-electron chi connectivity index (χ1n) is 9.37. The van der Waals surface area contributed by atoms with E-state index in [1.165, 1.54) is 36.9 Å². The Morgan fingerprint density at radius 2 is 1.96 bits per heavy atom. The lowest BCUT2D eigenvalue weighted by Crippen LogP contribution is -2.33. The Kier molecular flexibility index (Phi) is 4.97. The molecule has 4 rings (SSSR count). The minimum absolute atomic E-state index is 0.135. The molecule has 3 aliphatic rings. The van der Waals surface area contributed by atoms with Crippen LogP contribution in [0.15, 0.2) is 6.20 Å². The molecule has 0 unspecified atom stereocenters. The van der Waals surface area contributed by atoms with Crippen LogP contribution in [0.4, 0.5) is 0 Å². The van der Waals surface area contributed by atoms with Crippen LogP contribution in [-0.2, 0) is 22.4 Å². The molecule has 1 aromatic rings. The Morgan fingerprint density at radius 3 is 2.78 bits per heavy atom. The Morgan fingerprint density at radius 1 is 1.13 bits per heavy atom. The van der Waals surface area contributed by atoms with Gasteiger partial charge >= 0.3 is 0 Å². The van der Waals surface area contributed by atoms with E-state index in [0.29, 0.717) is 12.0 Å². The van der Waals surface area contributed by atoms with Crippen LogP contribution in [0.5, 0.6) is 0 Å². The smallest absolute Gasteiger partial charge is 0.114 e. The van der Waals surface area contributed by atoms with Crippen molar-refractivity contribution in [1.29, 1.82) is 0 Å². The fraction of sp³-hybridized carbons (Fsp3) is 0.833. The summed E-state index contributed by atoms with van der Waals surface area (Å²) in [6, 6.07) is 0.688. The Bertz CT molecular complexity index is 504.